The first kappa shape index (κ1) is 10.5. The predicted molar refractivity (Wildman–Crippen MR) is 51.7 cm³/mol. The maximum Gasteiger partial charge on any atom is 0.307 e. The molecule has 0 amide bonds. The summed E-state index contributed by atoms with van der Waals surface area (Å²) in [5.41, 5.74) is 6.45. The van der Waals surface area contributed by atoms with Gasteiger partial charge in [0.25, 0.3) is 0 Å². The van der Waals surface area contributed by atoms with E-state index < -0.39 is 6.04 Å². The van der Waals surface area contributed by atoms with Gasteiger partial charge in [0.1, 0.15) is 5.75 Å². The number of phenols is 1. The molecule has 76 valence electrons. The van der Waals surface area contributed by atoms with Crippen LogP contribution in [-0.4, -0.2) is 18.2 Å². The van der Waals surface area contributed by atoms with E-state index >= 15 is 0 Å². The van der Waals surface area contributed by atoms with Crippen LogP contribution in [0.1, 0.15) is 18.0 Å². The van der Waals surface area contributed by atoms with E-state index in [-0.39, 0.29) is 18.1 Å². The van der Waals surface area contributed by atoms with Crippen molar-refractivity contribution in [1.82, 2.24) is 0 Å². The number of benzene rings is 1. The number of carbonyl (C=O) groups is 1. The molecule has 0 radical (unpaired) electrons. The Morgan fingerprint density at radius 1 is 1.64 bits per heavy atom. The molecule has 0 aliphatic carbocycles. The topological polar surface area (TPSA) is 72.5 Å². The summed E-state index contributed by atoms with van der Waals surface area (Å²) in [5.74, 6) is -0.219. The van der Waals surface area contributed by atoms with E-state index in [9.17, 15) is 9.90 Å². The van der Waals surface area contributed by atoms with Crippen LogP contribution in [0.3, 0.4) is 0 Å². The number of hydrogen-bond acceptors (Lipinski definition) is 4. The van der Waals surface area contributed by atoms with Gasteiger partial charge < -0.3 is 15.6 Å². The van der Waals surface area contributed by atoms with Gasteiger partial charge in [0.15, 0.2) is 0 Å². The first-order chi connectivity index (χ1) is 6.63. The van der Waals surface area contributed by atoms with Crippen molar-refractivity contribution >= 4 is 5.97 Å². The van der Waals surface area contributed by atoms with Crippen molar-refractivity contribution in [1.29, 1.82) is 0 Å². The zero-order valence-corrected chi connectivity index (χ0v) is 7.93. The molecule has 0 saturated carbocycles. The Kier molecular flexibility index (Phi) is 3.48. The van der Waals surface area contributed by atoms with E-state index in [4.69, 9.17) is 5.73 Å². The second-order valence-electron chi connectivity index (χ2n) is 2.98. The summed E-state index contributed by atoms with van der Waals surface area (Å²) in [6.45, 7) is 0. The first-order valence-corrected chi connectivity index (χ1v) is 4.25. The minimum absolute atomic E-state index is 0.111. The Morgan fingerprint density at radius 2 is 2.36 bits per heavy atom. The highest BCUT2D eigenvalue weighted by atomic mass is 16.5. The van der Waals surface area contributed by atoms with Crippen LogP contribution >= 0.6 is 0 Å². The molecule has 4 heteroatoms. The van der Waals surface area contributed by atoms with Gasteiger partial charge >= 0.3 is 5.97 Å². The molecule has 3 N–H and O–H groups in total. The summed E-state index contributed by atoms with van der Waals surface area (Å²) in [5, 5.41) is 9.18. The summed E-state index contributed by atoms with van der Waals surface area (Å²) in [6, 6.07) is 6.09. The van der Waals surface area contributed by atoms with Crippen LogP contribution in [0.25, 0.3) is 0 Å². The minimum Gasteiger partial charge on any atom is -0.508 e. The summed E-state index contributed by atoms with van der Waals surface area (Å²) in [4.78, 5) is 10.9. The lowest BCUT2D eigenvalue weighted by Crippen LogP contribution is -2.16. The second-order valence-corrected chi connectivity index (χ2v) is 2.98. The van der Waals surface area contributed by atoms with Gasteiger partial charge in [-0.3, -0.25) is 4.79 Å². The van der Waals surface area contributed by atoms with Crippen molar-refractivity contribution < 1.29 is 14.6 Å². The zero-order valence-electron chi connectivity index (χ0n) is 7.93. The molecular weight excluding hydrogens is 182 g/mol. The summed E-state index contributed by atoms with van der Waals surface area (Å²) in [6.07, 6.45) is 0.111. The zero-order chi connectivity index (χ0) is 10.6. The van der Waals surface area contributed by atoms with Crippen LogP contribution in [0.5, 0.6) is 5.75 Å². The van der Waals surface area contributed by atoms with Crippen molar-refractivity contribution in [2.45, 2.75) is 12.5 Å². The molecule has 0 bridgehead atoms. The standard InChI is InChI=1S/C10H13NO3/c1-14-10(13)6-9(11)7-3-2-4-8(12)5-7/h2-5,9,12H,6,11H2,1H3. The second kappa shape index (κ2) is 4.62. The smallest absolute Gasteiger partial charge is 0.307 e. The van der Waals surface area contributed by atoms with Gasteiger partial charge in [0.2, 0.25) is 0 Å². The third kappa shape index (κ3) is 2.74. The quantitative estimate of drug-likeness (QED) is 0.704. The molecule has 0 spiro atoms. The van der Waals surface area contributed by atoms with E-state index in [1.165, 1.54) is 13.2 Å². The van der Waals surface area contributed by atoms with Crippen LogP contribution in [0.4, 0.5) is 0 Å². The van der Waals surface area contributed by atoms with E-state index in [1.807, 2.05) is 0 Å². The molecule has 1 atom stereocenters. The highest BCUT2D eigenvalue weighted by Crippen LogP contribution is 2.18. The average Bonchev–Trinajstić information content (AvgIpc) is 2.17. The van der Waals surface area contributed by atoms with Crippen molar-refractivity contribution in [3.63, 3.8) is 0 Å². The van der Waals surface area contributed by atoms with E-state index in [1.54, 1.807) is 18.2 Å². The Balaban J connectivity index is 2.69. The lowest BCUT2D eigenvalue weighted by Gasteiger charge is -2.10. The van der Waals surface area contributed by atoms with Crippen molar-refractivity contribution in [3.05, 3.63) is 29.8 Å². The third-order valence-electron chi connectivity index (χ3n) is 1.91. The number of esters is 1. The number of rotatable bonds is 3. The molecular formula is C10H13NO3. The van der Waals surface area contributed by atoms with Crippen molar-refractivity contribution in [2.75, 3.05) is 7.11 Å². The monoisotopic (exact) mass is 195 g/mol. The molecule has 0 fully saturated rings. The van der Waals surface area contributed by atoms with Crippen molar-refractivity contribution in [3.8, 4) is 5.75 Å². The largest absolute Gasteiger partial charge is 0.508 e. The normalized spacial score (nSPS) is 12.1. The number of nitrogens with two attached hydrogens (primary N) is 1. The Bertz CT molecular complexity index is 325. The van der Waals surface area contributed by atoms with Gasteiger partial charge in [-0.15, -0.1) is 0 Å². The highest BCUT2D eigenvalue weighted by molar-refractivity contribution is 5.70. The molecule has 0 aromatic heterocycles. The highest BCUT2D eigenvalue weighted by Gasteiger charge is 2.11. The molecule has 1 unspecified atom stereocenters. The maximum absolute atomic E-state index is 10.9. The molecule has 0 aliphatic rings. The molecule has 14 heavy (non-hydrogen) atoms. The van der Waals surface area contributed by atoms with Gasteiger partial charge in [-0.05, 0) is 17.7 Å². The Morgan fingerprint density at radius 3 is 2.93 bits per heavy atom. The maximum atomic E-state index is 10.9. The number of hydrogen-bond donors (Lipinski definition) is 2. The van der Waals surface area contributed by atoms with Gasteiger partial charge in [0, 0.05) is 6.04 Å². The molecule has 1 aromatic rings. The number of aromatic hydroxyl groups is 1. The predicted octanol–water partition coefficient (Wildman–Crippen LogP) is 0.955. The van der Waals surface area contributed by atoms with Crippen LogP contribution in [0, 0.1) is 0 Å². The Hall–Kier alpha value is -1.55. The first-order valence-electron chi connectivity index (χ1n) is 4.25. The van der Waals surface area contributed by atoms with Crippen LogP contribution in [0.15, 0.2) is 24.3 Å². The van der Waals surface area contributed by atoms with E-state index in [2.05, 4.69) is 4.74 Å². The molecule has 0 saturated heterocycles. The Labute approximate surface area is 82.3 Å². The van der Waals surface area contributed by atoms with E-state index in [0.29, 0.717) is 0 Å². The van der Waals surface area contributed by atoms with Gasteiger partial charge in [-0.25, -0.2) is 0 Å². The SMILES string of the molecule is COC(=O)CC(N)c1cccc(O)c1. The fraction of sp³-hybridized carbons (Fsp3) is 0.300. The molecule has 1 aromatic carbocycles. The van der Waals surface area contributed by atoms with Gasteiger partial charge in [-0.1, -0.05) is 12.1 Å². The third-order valence-corrected chi connectivity index (χ3v) is 1.91. The molecule has 4 nitrogen and oxygen atoms in total. The average molecular weight is 195 g/mol. The molecule has 0 heterocycles. The van der Waals surface area contributed by atoms with Crippen molar-refractivity contribution in [2.24, 2.45) is 5.73 Å². The van der Waals surface area contributed by atoms with Crippen LogP contribution in [0.2, 0.25) is 0 Å². The van der Waals surface area contributed by atoms with Crippen LogP contribution < -0.4 is 5.73 Å². The lowest BCUT2D eigenvalue weighted by atomic mass is 10.0. The molecule has 0 aliphatic heterocycles. The lowest BCUT2D eigenvalue weighted by molar-refractivity contribution is -0.141. The number of ether oxygens (including phenoxy) is 1. The van der Waals surface area contributed by atoms with Crippen LogP contribution in [-0.2, 0) is 9.53 Å². The van der Waals surface area contributed by atoms with E-state index in [0.717, 1.165) is 5.56 Å². The summed E-state index contributed by atoms with van der Waals surface area (Å²) >= 11 is 0. The number of methoxy groups -OCH3 is 1. The fourth-order valence-electron chi connectivity index (χ4n) is 1.14. The number of phenolic OH excluding ortho intramolecular Hbond substituents is 1. The summed E-state index contributed by atoms with van der Waals surface area (Å²) < 4.78 is 4.49. The number of carbonyl (C=O) groups excluding carboxylic acids is 1. The molecule has 1 rings (SSSR count). The summed E-state index contributed by atoms with van der Waals surface area (Å²) in [7, 11) is 1.32. The fourth-order valence-corrected chi connectivity index (χ4v) is 1.14. The minimum atomic E-state index is -0.436. The van der Waals surface area contributed by atoms with Gasteiger partial charge in [0.05, 0.1) is 13.5 Å². The van der Waals surface area contributed by atoms with Gasteiger partial charge in [-0.2, -0.15) is 0 Å².